The van der Waals surface area contributed by atoms with Crippen LogP contribution in [0.2, 0.25) is 10.0 Å². The largest absolute Gasteiger partial charge is 0.481 e. The van der Waals surface area contributed by atoms with Gasteiger partial charge in [0.05, 0.1) is 33.2 Å². The normalized spacial score (nSPS) is 10.9. The summed E-state index contributed by atoms with van der Waals surface area (Å²) in [5, 5.41) is 16.3. The average Bonchev–Trinajstić information content (AvgIpc) is 3.11. The standard InChI is InChI=1S/C36H38Br2Cl2N4O7/c1-48-33-24(18-41-13-3-4-15-45)16-28(37)35(43-33)50-20-22-8-5-10-26(31(22)39)27-11-6-9-23(32(27)40)21-51-36-29(38)17-25(34(44-36)49-2)19-42-14-7-12-30(46)47/h5-6,8-11,15-17,41-42H,3-4,7,12-14,18-21H2,1-2H3,(H,46,47). The van der Waals surface area contributed by atoms with Crippen molar-refractivity contribution >= 4 is 67.3 Å². The molecule has 2 heterocycles. The van der Waals surface area contributed by atoms with Crippen LogP contribution < -0.4 is 29.6 Å². The zero-order valence-corrected chi connectivity index (χ0v) is 32.8. The molecule has 2 aromatic heterocycles. The maximum absolute atomic E-state index is 10.8. The molecule has 51 heavy (non-hydrogen) atoms. The van der Waals surface area contributed by atoms with Crippen molar-refractivity contribution in [2.45, 2.75) is 52.0 Å². The predicted molar refractivity (Wildman–Crippen MR) is 203 cm³/mol. The van der Waals surface area contributed by atoms with Crippen LogP contribution >= 0.6 is 55.1 Å². The number of nitrogens with zero attached hydrogens (tertiary/aromatic N) is 2. The van der Waals surface area contributed by atoms with Gasteiger partial charge >= 0.3 is 5.97 Å². The second-order valence-electron chi connectivity index (χ2n) is 11.2. The van der Waals surface area contributed by atoms with Crippen LogP contribution in [0.4, 0.5) is 0 Å². The molecule has 272 valence electrons. The highest BCUT2D eigenvalue weighted by molar-refractivity contribution is 9.10. The highest BCUT2D eigenvalue weighted by Crippen LogP contribution is 2.38. The fourth-order valence-electron chi connectivity index (χ4n) is 5.01. The van der Waals surface area contributed by atoms with Crippen LogP contribution in [0.15, 0.2) is 57.5 Å². The van der Waals surface area contributed by atoms with Gasteiger partial charge in [-0.3, -0.25) is 4.79 Å². The molecule has 0 bridgehead atoms. The molecule has 0 radical (unpaired) electrons. The molecule has 0 unspecified atom stereocenters. The Bertz CT molecular complexity index is 1820. The Labute approximate surface area is 323 Å². The Morgan fingerprint density at radius 1 is 0.765 bits per heavy atom. The maximum atomic E-state index is 10.8. The summed E-state index contributed by atoms with van der Waals surface area (Å²) in [5.41, 5.74) is 4.55. The Hall–Kier alpha value is -3.46. The summed E-state index contributed by atoms with van der Waals surface area (Å²) in [7, 11) is 3.08. The highest BCUT2D eigenvalue weighted by atomic mass is 79.9. The van der Waals surface area contributed by atoms with Gasteiger partial charge < -0.3 is 39.5 Å². The molecule has 4 rings (SSSR count). The maximum Gasteiger partial charge on any atom is 0.303 e. The summed E-state index contributed by atoms with van der Waals surface area (Å²) < 4.78 is 24.5. The lowest BCUT2D eigenvalue weighted by atomic mass is 10.0. The van der Waals surface area contributed by atoms with Gasteiger partial charge in [0.1, 0.15) is 19.5 Å². The lowest BCUT2D eigenvalue weighted by Crippen LogP contribution is -2.17. The van der Waals surface area contributed by atoms with Crippen LogP contribution in [-0.2, 0) is 35.9 Å². The van der Waals surface area contributed by atoms with Crippen LogP contribution in [0.1, 0.15) is 47.9 Å². The van der Waals surface area contributed by atoms with Crippen molar-refractivity contribution in [3.05, 3.63) is 89.8 Å². The molecule has 11 nitrogen and oxygen atoms in total. The number of hydrogen-bond acceptors (Lipinski definition) is 10. The number of unbranched alkanes of at least 4 members (excludes halogenated alkanes) is 1. The van der Waals surface area contributed by atoms with Gasteiger partial charge in [-0.15, -0.1) is 0 Å². The van der Waals surface area contributed by atoms with E-state index < -0.39 is 5.97 Å². The molecule has 0 amide bonds. The monoisotopic (exact) mass is 866 g/mol. The molecule has 4 aromatic rings. The average molecular weight is 869 g/mol. The van der Waals surface area contributed by atoms with Crippen LogP contribution in [0, 0.1) is 0 Å². The smallest absolute Gasteiger partial charge is 0.303 e. The van der Waals surface area contributed by atoms with E-state index in [4.69, 9.17) is 47.3 Å². The van der Waals surface area contributed by atoms with Gasteiger partial charge in [-0.25, -0.2) is 0 Å². The van der Waals surface area contributed by atoms with E-state index in [0.717, 1.165) is 46.1 Å². The van der Waals surface area contributed by atoms with Crippen molar-refractivity contribution < 1.29 is 33.6 Å². The SMILES string of the molecule is COc1nc(OCc2cccc(-c3cccc(COc4nc(OC)c(CNCCCC(=O)O)cc4Br)c3Cl)c2Cl)c(Br)cc1CNCCCC=O. The number of aldehydes is 1. The first-order valence-corrected chi connectivity index (χ1v) is 18.3. The van der Waals surface area contributed by atoms with Crippen LogP contribution in [0.3, 0.4) is 0 Å². The molecule has 2 aromatic carbocycles. The second kappa shape index (κ2) is 20.5. The minimum atomic E-state index is -0.826. The van der Waals surface area contributed by atoms with E-state index in [1.165, 1.54) is 7.11 Å². The molecule has 0 saturated carbocycles. The van der Waals surface area contributed by atoms with Gasteiger partial charge in [-0.2, -0.15) is 9.97 Å². The minimum Gasteiger partial charge on any atom is -0.481 e. The molecular formula is C36H38Br2Cl2N4O7. The molecular weight excluding hydrogens is 831 g/mol. The highest BCUT2D eigenvalue weighted by Gasteiger charge is 2.18. The molecule has 0 spiro atoms. The first-order valence-electron chi connectivity index (χ1n) is 16.0. The fraction of sp³-hybridized carbons (Fsp3) is 0.333. The van der Waals surface area contributed by atoms with E-state index >= 15 is 0 Å². The van der Waals surface area contributed by atoms with Crippen molar-refractivity contribution in [3.63, 3.8) is 0 Å². The van der Waals surface area contributed by atoms with E-state index in [2.05, 4.69) is 52.5 Å². The third-order valence-corrected chi connectivity index (χ3v) is 9.61. The Morgan fingerprint density at radius 3 is 1.67 bits per heavy atom. The number of halogens is 4. The zero-order valence-electron chi connectivity index (χ0n) is 28.1. The van der Waals surface area contributed by atoms with E-state index in [1.807, 2.05) is 48.5 Å². The number of carboxylic acids is 1. The first-order chi connectivity index (χ1) is 24.7. The zero-order chi connectivity index (χ0) is 36.8. The van der Waals surface area contributed by atoms with Gasteiger partial charge in [-0.05, 0) is 69.9 Å². The minimum absolute atomic E-state index is 0.0983. The molecule has 0 aliphatic carbocycles. The number of pyridine rings is 2. The summed E-state index contributed by atoms with van der Waals surface area (Å²) in [6.07, 6.45) is 2.79. The van der Waals surface area contributed by atoms with Gasteiger partial charge in [-0.1, -0.05) is 59.6 Å². The number of ether oxygens (including phenoxy) is 4. The number of methoxy groups -OCH3 is 2. The summed E-state index contributed by atoms with van der Waals surface area (Å²) in [6.45, 7) is 2.48. The van der Waals surface area contributed by atoms with Crippen LogP contribution in [0.25, 0.3) is 11.1 Å². The molecule has 0 atom stereocenters. The lowest BCUT2D eigenvalue weighted by Gasteiger charge is -2.16. The second-order valence-corrected chi connectivity index (χ2v) is 13.6. The third-order valence-electron chi connectivity index (χ3n) is 7.58. The molecule has 3 N–H and O–H groups in total. The summed E-state index contributed by atoms with van der Waals surface area (Å²) >= 11 is 21.0. The van der Waals surface area contributed by atoms with Gasteiger partial charge in [0.15, 0.2) is 0 Å². The Kier molecular flexibility index (Phi) is 16.2. The quantitative estimate of drug-likeness (QED) is 0.0552. The van der Waals surface area contributed by atoms with Gasteiger partial charge in [0, 0.05) is 59.3 Å². The van der Waals surface area contributed by atoms with E-state index in [9.17, 15) is 9.59 Å². The predicted octanol–water partition coefficient (Wildman–Crippen LogP) is 8.17. The Balaban J connectivity index is 1.44. The fourth-order valence-corrected chi connectivity index (χ4v) is 6.53. The van der Waals surface area contributed by atoms with Gasteiger partial charge in [0.2, 0.25) is 23.5 Å². The van der Waals surface area contributed by atoms with Crippen LogP contribution in [0.5, 0.6) is 23.5 Å². The van der Waals surface area contributed by atoms with E-state index in [0.29, 0.717) is 81.5 Å². The number of rotatable bonds is 21. The number of hydrogen-bond donors (Lipinski definition) is 3. The third kappa shape index (κ3) is 11.5. The van der Waals surface area contributed by atoms with Crippen molar-refractivity contribution in [3.8, 4) is 34.6 Å². The van der Waals surface area contributed by atoms with E-state index in [-0.39, 0.29) is 19.6 Å². The number of carbonyl (C=O) groups excluding carboxylic acids is 1. The molecule has 0 aliphatic rings. The van der Waals surface area contributed by atoms with Crippen molar-refractivity contribution in [1.82, 2.24) is 20.6 Å². The Morgan fingerprint density at radius 2 is 1.24 bits per heavy atom. The first kappa shape index (κ1) is 40.3. The number of carbonyl (C=O) groups is 2. The molecule has 0 aliphatic heterocycles. The summed E-state index contributed by atoms with van der Waals surface area (Å²) in [6, 6.07) is 15.0. The van der Waals surface area contributed by atoms with Crippen molar-refractivity contribution in [1.29, 1.82) is 0 Å². The lowest BCUT2D eigenvalue weighted by molar-refractivity contribution is -0.137. The molecule has 0 saturated heterocycles. The summed E-state index contributed by atoms with van der Waals surface area (Å²) in [5.74, 6) is 0.677. The van der Waals surface area contributed by atoms with E-state index in [1.54, 1.807) is 7.11 Å². The van der Waals surface area contributed by atoms with Crippen LogP contribution in [-0.4, -0.2) is 54.6 Å². The number of aliphatic carboxylic acids is 1. The van der Waals surface area contributed by atoms with Crippen molar-refractivity contribution in [2.75, 3.05) is 27.3 Å². The van der Waals surface area contributed by atoms with Crippen molar-refractivity contribution in [2.24, 2.45) is 0 Å². The van der Waals surface area contributed by atoms with Gasteiger partial charge in [0.25, 0.3) is 0 Å². The number of carboxylic acid groups (broad SMARTS) is 1. The molecule has 15 heteroatoms. The molecule has 0 fully saturated rings. The number of aromatic nitrogens is 2. The topological polar surface area (TPSA) is 141 Å². The summed E-state index contributed by atoms with van der Waals surface area (Å²) in [4.78, 5) is 30.4. The number of nitrogens with one attached hydrogen (secondary N) is 2. The number of benzene rings is 2.